The quantitative estimate of drug-likeness (QED) is 0.285. The van der Waals surface area contributed by atoms with Gasteiger partial charge in [0, 0.05) is 13.2 Å². The summed E-state index contributed by atoms with van der Waals surface area (Å²) in [5.74, 6) is 0.231. The van der Waals surface area contributed by atoms with E-state index in [1.54, 1.807) is 7.11 Å². The molecule has 0 aromatic rings. The molecule has 0 rings (SSSR count). The average Bonchev–Trinajstić information content (AvgIpc) is 2.18. The van der Waals surface area contributed by atoms with Crippen LogP contribution in [0.4, 0.5) is 0 Å². The van der Waals surface area contributed by atoms with Gasteiger partial charge in [0.05, 0.1) is 12.6 Å². The summed E-state index contributed by atoms with van der Waals surface area (Å²) in [6.07, 6.45) is 0. The van der Waals surface area contributed by atoms with Gasteiger partial charge in [-0.25, -0.2) is 0 Å². The molecule has 5 heteroatoms. The van der Waals surface area contributed by atoms with Gasteiger partial charge >= 0.3 is 0 Å². The van der Waals surface area contributed by atoms with Gasteiger partial charge in [-0.2, -0.15) is 0 Å². The van der Waals surface area contributed by atoms with E-state index in [9.17, 15) is 0 Å². The molecule has 3 N–H and O–H groups in total. The summed E-state index contributed by atoms with van der Waals surface area (Å²) in [6.45, 7) is 7.46. The molecule has 84 valence electrons. The predicted octanol–water partition coefficient (Wildman–Crippen LogP) is 0.478. The van der Waals surface area contributed by atoms with Gasteiger partial charge in [-0.15, -0.1) is 0 Å². The molecule has 0 aromatic carbocycles. The van der Waals surface area contributed by atoms with Crippen LogP contribution >= 0.6 is 0 Å². The number of ether oxygens (including phenoxy) is 1. The van der Waals surface area contributed by atoms with E-state index in [1.807, 2.05) is 20.8 Å². The van der Waals surface area contributed by atoms with Crippen molar-refractivity contribution < 1.29 is 9.94 Å². The fourth-order valence-electron chi connectivity index (χ4n) is 1.56. The number of likely N-dealkylation sites (N-methyl/N-ethyl adjacent to an activating group) is 1. The molecule has 0 aliphatic rings. The van der Waals surface area contributed by atoms with Gasteiger partial charge in [-0.05, 0) is 20.4 Å². The highest BCUT2D eigenvalue weighted by Crippen LogP contribution is 2.05. The van der Waals surface area contributed by atoms with Crippen LogP contribution in [0, 0.1) is 0 Å². The summed E-state index contributed by atoms with van der Waals surface area (Å²) >= 11 is 0. The number of amidine groups is 1. The first kappa shape index (κ1) is 13.2. The lowest BCUT2D eigenvalue weighted by Crippen LogP contribution is -2.48. The molecule has 2 atom stereocenters. The van der Waals surface area contributed by atoms with Crippen molar-refractivity contribution in [2.75, 3.05) is 20.3 Å². The predicted molar refractivity (Wildman–Crippen MR) is 56.6 cm³/mol. The van der Waals surface area contributed by atoms with E-state index in [2.05, 4.69) is 10.1 Å². The summed E-state index contributed by atoms with van der Waals surface area (Å²) in [4.78, 5) is 2.11. The van der Waals surface area contributed by atoms with E-state index in [-0.39, 0.29) is 17.9 Å². The molecule has 0 bridgehead atoms. The van der Waals surface area contributed by atoms with Gasteiger partial charge in [-0.3, -0.25) is 4.90 Å². The maximum Gasteiger partial charge on any atom is 0.156 e. The maximum absolute atomic E-state index is 8.57. The number of hydrogen-bond donors (Lipinski definition) is 2. The van der Waals surface area contributed by atoms with Crippen LogP contribution in [0.25, 0.3) is 0 Å². The molecule has 0 saturated carbocycles. The van der Waals surface area contributed by atoms with Crippen molar-refractivity contribution in [1.82, 2.24) is 4.90 Å². The molecule has 0 heterocycles. The van der Waals surface area contributed by atoms with Crippen molar-refractivity contribution in [3.8, 4) is 0 Å². The molecule has 5 nitrogen and oxygen atoms in total. The van der Waals surface area contributed by atoms with Crippen LogP contribution in [0.5, 0.6) is 0 Å². The molecule has 0 amide bonds. The average molecular weight is 203 g/mol. The Labute approximate surface area is 85.5 Å². The normalized spacial score (nSPS) is 17.1. The van der Waals surface area contributed by atoms with E-state index in [4.69, 9.17) is 15.7 Å². The number of hydrogen-bond acceptors (Lipinski definition) is 4. The van der Waals surface area contributed by atoms with E-state index < -0.39 is 0 Å². The molecule has 0 fully saturated rings. The van der Waals surface area contributed by atoms with Crippen molar-refractivity contribution in [2.45, 2.75) is 32.9 Å². The minimum Gasteiger partial charge on any atom is -0.409 e. The van der Waals surface area contributed by atoms with Crippen molar-refractivity contribution in [2.24, 2.45) is 10.9 Å². The molecule has 2 unspecified atom stereocenters. The van der Waals surface area contributed by atoms with Gasteiger partial charge in [0.2, 0.25) is 0 Å². The Balaban J connectivity index is 4.38. The number of rotatable bonds is 6. The van der Waals surface area contributed by atoms with E-state index in [0.717, 1.165) is 6.54 Å². The Morgan fingerprint density at radius 3 is 2.50 bits per heavy atom. The highest BCUT2D eigenvalue weighted by Gasteiger charge is 2.21. The van der Waals surface area contributed by atoms with E-state index in [0.29, 0.717) is 6.61 Å². The molecular weight excluding hydrogens is 182 g/mol. The topological polar surface area (TPSA) is 71.1 Å². The van der Waals surface area contributed by atoms with Crippen molar-refractivity contribution in [3.05, 3.63) is 0 Å². The Morgan fingerprint density at radius 1 is 1.57 bits per heavy atom. The third-order valence-corrected chi connectivity index (χ3v) is 2.38. The van der Waals surface area contributed by atoms with Crippen molar-refractivity contribution >= 4 is 5.84 Å². The number of nitrogens with zero attached hydrogens (tertiary/aromatic N) is 2. The monoisotopic (exact) mass is 203 g/mol. The van der Waals surface area contributed by atoms with Crippen molar-refractivity contribution in [3.63, 3.8) is 0 Å². The fourth-order valence-corrected chi connectivity index (χ4v) is 1.56. The summed E-state index contributed by atoms with van der Waals surface area (Å²) in [7, 11) is 1.67. The number of oxime groups is 1. The first-order chi connectivity index (χ1) is 6.58. The van der Waals surface area contributed by atoms with Crippen LogP contribution in [0.3, 0.4) is 0 Å². The first-order valence-electron chi connectivity index (χ1n) is 4.80. The highest BCUT2D eigenvalue weighted by atomic mass is 16.5. The lowest BCUT2D eigenvalue weighted by atomic mass is 10.2. The van der Waals surface area contributed by atoms with Crippen LogP contribution in [0.2, 0.25) is 0 Å². The first-order valence-corrected chi connectivity index (χ1v) is 4.80. The second-order valence-electron chi connectivity index (χ2n) is 3.34. The molecule has 0 radical (unpaired) electrons. The molecule has 0 aliphatic carbocycles. The summed E-state index contributed by atoms with van der Waals surface area (Å²) in [6, 6.07) is 0.176. The number of nitrogens with two attached hydrogens (primary N) is 1. The molecule has 0 spiro atoms. The van der Waals surface area contributed by atoms with Crippen LogP contribution in [-0.2, 0) is 4.74 Å². The van der Waals surface area contributed by atoms with Gasteiger partial charge in [0.1, 0.15) is 0 Å². The lowest BCUT2D eigenvalue weighted by Gasteiger charge is -2.32. The third-order valence-electron chi connectivity index (χ3n) is 2.38. The Morgan fingerprint density at radius 2 is 2.14 bits per heavy atom. The van der Waals surface area contributed by atoms with Crippen LogP contribution in [-0.4, -0.2) is 48.3 Å². The summed E-state index contributed by atoms with van der Waals surface area (Å²) in [5, 5.41) is 11.6. The van der Waals surface area contributed by atoms with Gasteiger partial charge in [0.25, 0.3) is 0 Å². The Kier molecular flexibility index (Phi) is 6.23. The number of methoxy groups -OCH3 is 1. The second-order valence-corrected chi connectivity index (χ2v) is 3.34. The smallest absolute Gasteiger partial charge is 0.156 e. The minimum atomic E-state index is -0.0739. The molecule has 0 aromatic heterocycles. The largest absolute Gasteiger partial charge is 0.409 e. The highest BCUT2D eigenvalue weighted by molar-refractivity contribution is 5.84. The molecule has 0 saturated heterocycles. The standard InChI is InChI=1S/C9H21N3O2/c1-5-12(7(2)6-14-4)8(3)9(10)11-13/h7-8,13H,5-6H2,1-4H3,(H2,10,11). The zero-order valence-corrected chi connectivity index (χ0v) is 9.40. The van der Waals surface area contributed by atoms with Gasteiger partial charge in [0.15, 0.2) is 5.84 Å². The van der Waals surface area contributed by atoms with Crippen LogP contribution in [0.1, 0.15) is 20.8 Å². The zero-order chi connectivity index (χ0) is 11.1. The summed E-state index contributed by atoms with van der Waals surface area (Å²) < 4.78 is 5.07. The van der Waals surface area contributed by atoms with Gasteiger partial charge < -0.3 is 15.7 Å². The second kappa shape index (κ2) is 6.62. The minimum absolute atomic E-state index is 0.0739. The SMILES string of the molecule is CCN(C(C)COC)C(C)C(N)=NO. The lowest BCUT2D eigenvalue weighted by molar-refractivity contribution is 0.0935. The van der Waals surface area contributed by atoms with Crippen LogP contribution in [0.15, 0.2) is 5.16 Å². The molecular formula is C9H21N3O2. The Hall–Kier alpha value is -0.810. The Bertz CT molecular complexity index is 185. The zero-order valence-electron chi connectivity index (χ0n) is 9.40. The molecule has 0 aliphatic heterocycles. The van der Waals surface area contributed by atoms with Crippen LogP contribution < -0.4 is 5.73 Å². The van der Waals surface area contributed by atoms with E-state index >= 15 is 0 Å². The van der Waals surface area contributed by atoms with Gasteiger partial charge in [-0.1, -0.05) is 12.1 Å². The molecule has 14 heavy (non-hydrogen) atoms. The van der Waals surface area contributed by atoms with E-state index in [1.165, 1.54) is 0 Å². The maximum atomic E-state index is 8.57. The fraction of sp³-hybridized carbons (Fsp3) is 0.889. The summed E-state index contributed by atoms with van der Waals surface area (Å²) in [5.41, 5.74) is 5.54. The third kappa shape index (κ3) is 3.51. The van der Waals surface area contributed by atoms with Crippen molar-refractivity contribution in [1.29, 1.82) is 0 Å².